The molecule has 0 bridgehead atoms. The zero-order valence-electron chi connectivity index (χ0n) is 9.48. The second-order valence-electron chi connectivity index (χ2n) is 4.13. The van der Waals surface area contributed by atoms with Gasteiger partial charge in [0.25, 0.3) is 0 Å². The van der Waals surface area contributed by atoms with E-state index in [2.05, 4.69) is 6.92 Å². The van der Waals surface area contributed by atoms with Crippen molar-refractivity contribution in [2.24, 2.45) is 0 Å². The average molecular weight is 263 g/mol. The van der Waals surface area contributed by atoms with Crippen molar-refractivity contribution < 1.29 is 4.39 Å². The standard InChI is InChI=1S/C13H17Cl2F/c1-2-3-8-13(9-14,10-15)11-6-4-5-7-12(11)16/h4-7H,2-3,8-10H2,1H3. The third-order valence-corrected chi connectivity index (χ3v) is 3.99. The van der Waals surface area contributed by atoms with Crippen LogP contribution in [0.25, 0.3) is 0 Å². The predicted molar refractivity (Wildman–Crippen MR) is 69.0 cm³/mol. The van der Waals surface area contributed by atoms with Crippen LogP contribution in [0.4, 0.5) is 4.39 Å². The van der Waals surface area contributed by atoms with Gasteiger partial charge in [-0.3, -0.25) is 0 Å². The summed E-state index contributed by atoms with van der Waals surface area (Å²) < 4.78 is 13.8. The zero-order chi connectivity index (χ0) is 12.0. The van der Waals surface area contributed by atoms with Crippen molar-refractivity contribution in [2.45, 2.75) is 31.6 Å². The number of benzene rings is 1. The normalized spacial score (nSPS) is 11.8. The summed E-state index contributed by atoms with van der Waals surface area (Å²) in [4.78, 5) is 0. The summed E-state index contributed by atoms with van der Waals surface area (Å²) >= 11 is 12.0. The topological polar surface area (TPSA) is 0 Å². The fourth-order valence-corrected chi connectivity index (χ4v) is 2.70. The van der Waals surface area contributed by atoms with E-state index < -0.39 is 5.41 Å². The van der Waals surface area contributed by atoms with Crippen LogP contribution in [-0.4, -0.2) is 11.8 Å². The Balaban J connectivity index is 3.05. The van der Waals surface area contributed by atoms with E-state index in [0.29, 0.717) is 17.3 Å². The molecule has 0 fully saturated rings. The molecule has 1 aromatic carbocycles. The minimum absolute atomic E-state index is 0.208. The van der Waals surface area contributed by atoms with E-state index in [1.54, 1.807) is 12.1 Å². The first kappa shape index (κ1) is 13.8. The lowest BCUT2D eigenvalue weighted by atomic mass is 9.79. The Bertz CT molecular complexity index is 321. The lowest BCUT2D eigenvalue weighted by Gasteiger charge is -2.30. The number of alkyl halides is 2. The number of unbranched alkanes of at least 4 members (excludes halogenated alkanes) is 1. The van der Waals surface area contributed by atoms with Gasteiger partial charge in [0.05, 0.1) is 0 Å². The Labute approximate surface area is 107 Å². The molecule has 0 aliphatic heterocycles. The molecule has 0 aromatic heterocycles. The Morgan fingerprint density at radius 3 is 2.31 bits per heavy atom. The van der Waals surface area contributed by atoms with E-state index in [9.17, 15) is 4.39 Å². The minimum atomic E-state index is -0.426. The van der Waals surface area contributed by atoms with Crippen LogP contribution in [-0.2, 0) is 5.41 Å². The minimum Gasteiger partial charge on any atom is -0.207 e. The highest BCUT2D eigenvalue weighted by molar-refractivity contribution is 6.22. The van der Waals surface area contributed by atoms with Crippen molar-refractivity contribution in [3.05, 3.63) is 35.6 Å². The van der Waals surface area contributed by atoms with Crippen LogP contribution in [0.15, 0.2) is 24.3 Å². The predicted octanol–water partition coefficient (Wildman–Crippen LogP) is 4.73. The third-order valence-electron chi connectivity index (χ3n) is 2.97. The summed E-state index contributed by atoms with van der Waals surface area (Å²) in [7, 11) is 0. The molecule has 0 radical (unpaired) electrons. The molecular weight excluding hydrogens is 246 g/mol. The molecule has 1 rings (SSSR count). The number of rotatable bonds is 6. The fourth-order valence-electron chi connectivity index (χ4n) is 1.85. The van der Waals surface area contributed by atoms with Gasteiger partial charge in [-0.1, -0.05) is 38.0 Å². The first-order valence-corrected chi connectivity index (χ1v) is 6.64. The van der Waals surface area contributed by atoms with Gasteiger partial charge in [0, 0.05) is 17.2 Å². The first-order chi connectivity index (χ1) is 7.70. The van der Waals surface area contributed by atoms with Crippen molar-refractivity contribution in [2.75, 3.05) is 11.8 Å². The maximum Gasteiger partial charge on any atom is 0.127 e. The number of hydrogen-bond acceptors (Lipinski definition) is 0. The van der Waals surface area contributed by atoms with Crippen LogP contribution in [0, 0.1) is 5.82 Å². The smallest absolute Gasteiger partial charge is 0.127 e. The van der Waals surface area contributed by atoms with Crippen LogP contribution < -0.4 is 0 Å². The van der Waals surface area contributed by atoms with Gasteiger partial charge in [-0.05, 0) is 18.1 Å². The highest BCUT2D eigenvalue weighted by Gasteiger charge is 2.32. The van der Waals surface area contributed by atoms with Crippen LogP contribution in [0.2, 0.25) is 0 Å². The van der Waals surface area contributed by atoms with Gasteiger partial charge >= 0.3 is 0 Å². The molecule has 0 saturated heterocycles. The monoisotopic (exact) mass is 262 g/mol. The van der Waals surface area contributed by atoms with Crippen molar-refractivity contribution in [3.8, 4) is 0 Å². The molecule has 16 heavy (non-hydrogen) atoms. The Kier molecular flexibility index (Phi) is 5.57. The van der Waals surface area contributed by atoms with E-state index in [1.165, 1.54) is 6.07 Å². The van der Waals surface area contributed by atoms with Crippen molar-refractivity contribution in [3.63, 3.8) is 0 Å². The lowest BCUT2D eigenvalue weighted by Crippen LogP contribution is -2.31. The highest BCUT2D eigenvalue weighted by atomic mass is 35.5. The number of halogens is 3. The fraction of sp³-hybridized carbons (Fsp3) is 0.538. The number of hydrogen-bond donors (Lipinski definition) is 0. The van der Waals surface area contributed by atoms with Gasteiger partial charge in [0.2, 0.25) is 0 Å². The summed E-state index contributed by atoms with van der Waals surface area (Å²) in [6, 6.07) is 6.77. The Morgan fingerprint density at radius 1 is 1.19 bits per heavy atom. The molecule has 0 nitrogen and oxygen atoms in total. The second-order valence-corrected chi connectivity index (χ2v) is 4.67. The van der Waals surface area contributed by atoms with E-state index in [4.69, 9.17) is 23.2 Å². The summed E-state index contributed by atoms with van der Waals surface area (Å²) in [5, 5.41) is 0. The van der Waals surface area contributed by atoms with E-state index >= 15 is 0 Å². The molecule has 3 heteroatoms. The third kappa shape index (κ3) is 2.89. The summed E-state index contributed by atoms with van der Waals surface area (Å²) in [6.45, 7) is 2.11. The average Bonchev–Trinajstić information content (AvgIpc) is 2.33. The summed E-state index contributed by atoms with van der Waals surface area (Å²) in [6.07, 6.45) is 2.90. The van der Waals surface area contributed by atoms with Gasteiger partial charge in [-0.2, -0.15) is 0 Å². The molecule has 0 N–H and O–H groups in total. The van der Waals surface area contributed by atoms with Crippen molar-refractivity contribution >= 4 is 23.2 Å². The Hall–Kier alpha value is -0.270. The van der Waals surface area contributed by atoms with Crippen molar-refractivity contribution in [1.82, 2.24) is 0 Å². The molecule has 0 aliphatic carbocycles. The van der Waals surface area contributed by atoms with E-state index in [0.717, 1.165) is 19.3 Å². The van der Waals surface area contributed by atoms with E-state index in [1.807, 2.05) is 6.07 Å². The van der Waals surface area contributed by atoms with Gasteiger partial charge in [0.1, 0.15) is 5.82 Å². The van der Waals surface area contributed by atoms with Crippen LogP contribution in [0.1, 0.15) is 31.7 Å². The maximum absolute atomic E-state index is 13.8. The van der Waals surface area contributed by atoms with E-state index in [-0.39, 0.29) is 5.82 Å². The SMILES string of the molecule is CCCCC(CCl)(CCl)c1ccccc1F. The zero-order valence-corrected chi connectivity index (χ0v) is 11.0. The van der Waals surface area contributed by atoms with Gasteiger partial charge in [-0.15, -0.1) is 23.2 Å². The van der Waals surface area contributed by atoms with Crippen molar-refractivity contribution in [1.29, 1.82) is 0 Å². The Morgan fingerprint density at radius 2 is 1.81 bits per heavy atom. The summed E-state index contributed by atoms with van der Waals surface area (Å²) in [5.74, 6) is 0.509. The first-order valence-electron chi connectivity index (χ1n) is 5.57. The molecule has 0 saturated carbocycles. The van der Waals surface area contributed by atoms with Gasteiger partial charge < -0.3 is 0 Å². The molecule has 90 valence electrons. The molecule has 0 aliphatic rings. The molecule has 0 heterocycles. The summed E-state index contributed by atoms with van der Waals surface area (Å²) in [5.41, 5.74) is 0.221. The molecule has 0 unspecified atom stereocenters. The van der Waals surface area contributed by atoms with Crippen LogP contribution in [0.3, 0.4) is 0 Å². The molecular formula is C13H17Cl2F. The van der Waals surface area contributed by atoms with Gasteiger partial charge in [-0.25, -0.2) is 4.39 Å². The second kappa shape index (κ2) is 6.46. The molecule has 0 atom stereocenters. The lowest BCUT2D eigenvalue weighted by molar-refractivity contribution is 0.443. The largest absolute Gasteiger partial charge is 0.207 e. The van der Waals surface area contributed by atoms with Crippen LogP contribution >= 0.6 is 23.2 Å². The van der Waals surface area contributed by atoms with Crippen LogP contribution in [0.5, 0.6) is 0 Å². The van der Waals surface area contributed by atoms with Gasteiger partial charge in [0.15, 0.2) is 0 Å². The molecule has 0 spiro atoms. The highest BCUT2D eigenvalue weighted by Crippen LogP contribution is 2.34. The maximum atomic E-state index is 13.8. The molecule has 1 aromatic rings. The molecule has 0 amide bonds. The quantitative estimate of drug-likeness (QED) is 0.651.